The minimum Gasteiger partial charge on any atom is -0.383 e. The smallest absolute Gasteiger partial charge is 0.192 e. The van der Waals surface area contributed by atoms with E-state index < -0.39 is 0 Å². The van der Waals surface area contributed by atoms with Crippen molar-refractivity contribution in [3.8, 4) is 0 Å². The summed E-state index contributed by atoms with van der Waals surface area (Å²) in [6.07, 6.45) is 2.58. The van der Waals surface area contributed by atoms with E-state index >= 15 is 0 Å². The molecule has 0 radical (unpaired) electrons. The first kappa shape index (κ1) is 14.5. The topological polar surface area (TPSA) is 117 Å². The summed E-state index contributed by atoms with van der Waals surface area (Å²) in [4.78, 5) is 12.7. The van der Waals surface area contributed by atoms with Crippen LogP contribution in [-0.4, -0.2) is 21.0 Å². The van der Waals surface area contributed by atoms with Crippen molar-refractivity contribution in [3.05, 3.63) is 36.2 Å². The molecule has 6 N–H and O–H groups in total. The van der Waals surface area contributed by atoms with Gasteiger partial charge >= 0.3 is 0 Å². The van der Waals surface area contributed by atoms with E-state index in [2.05, 4.69) is 15.0 Å². The molecule has 0 aliphatic carbocycles. The first-order valence-corrected chi connectivity index (χ1v) is 7.21. The number of nitrogen functional groups attached to an aromatic ring is 2. The van der Waals surface area contributed by atoms with E-state index in [4.69, 9.17) is 17.2 Å². The molecule has 2 rings (SSSR count). The monoisotopic (exact) mass is 290 g/mol. The fourth-order valence-corrected chi connectivity index (χ4v) is 2.92. The number of thioether (sulfide) groups is 1. The Bertz CT molecular complexity index is 542. The van der Waals surface area contributed by atoms with Crippen molar-refractivity contribution in [1.29, 1.82) is 0 Å². The Kier molecular flexibility index (Phi) is 4.75. The highest BCUT2D eigenvalue weighted by Crippen LogP contribution is 2.35. The first-order chi connectivity index (χ1) is 9.60. The molecule has 0 aliphatic rings. The summed E-state index contributed by atoms with van der Waals surface area (Å²) in [5.74, 6) is 0.703. The molecular formula is C13H18N6S. The van der Waals surface area contributed by atoms with Gasteiger partial charge in [0.2, 0.25) is 0 Å². The average Bonchev–Trinajstić information content (AvgIpc) is 2.44. The number of hydrogen-bond acceptors (Lipinski definition) is 7. The van der Waals surface area contributed by atoms with Crippen molar-refractivity contribution in [1.82, 2.24) is 15.0 Å². The highest BCUT2D eigenvalue weighted by molar-refractivity contribution is 7.99. The number of hydrogen-bond donors (Lipinski definition) is 3. The van der Waals surface area contributed by atoms with E-state index in [1.807, 2.05) is 25.1 Å². The van der Waals surface area contributed by atoms with Gasteiger partial charge in [0.15, 0.2) is 5.16 Å². The Morgan fingerprint density at radius 3 is 2.45 bits per heavy atom. The van der Waals surface area contributed by atoms with Crippen molar-refractivity contribution < 1.29 is 0 Å². The van der Waals surface area contributed by atoms with Crippen LogP contribution in [0.2, 0.25) is 0 Å². The molecule has 0 fully saturated rings. The molecular weight excluding hydrogens is 272 g/mol. The summed E-state index contributed by atoms with van der Waals surface area (Å²) >= 11 is 1.43. The molecule has 0 saturated carbocycles. The van der Waals surface area contributed by atoms with Gasteiger partial charge in [-0.05, 0) is 18.6 Å². The van der Waals surface area contributed by atoms with Gasteiger partial charge < -0.3 is 17.2 Å². The highest BCUT2D eigenvalue weighted by Gasteiger charge is 2.22. The number of rotatable bonds is 5. The van der Waals surface area contributed by atoms with E-state index in [-0.39, 0.29) is 11.3 Å². The quantitative estimate of drug-likeness (QED) is 0.565. The minimum absolute atomic E-state index is 0.0394. The molecule has 0 bridgehead atoms. The number of anilines is 2. The van der Waals surface area contributed by atoms with Gasteiger partial charge in [-0.15, -0.1) is 0 Å². The van der Waals surface area contributed by atoms with Crippen LogP contribution in [0.15, 0.2) is 35.6 Å². The second kappa shape index (κ2) is 6.53. The number of aromatic nitrogens is 3. The summed E-state index contributed by atoms with van der Waals surface area (Å²) in [6.45, 7) is 2.04. The Hall–Kier alpha value is -1.86. The second-order valence-corrected chi connectivity index (χ2v) is 5.47. The summed E-state index contributed by atoms with van der Waals surface area (Å²) < 4.78 is 0. The van der Waals surface area contributed by atoms with E-state index in [1.165, 1.54) is 17.8 Å². The van der Waals surface area contributed by atoms with Gasteiger partial charge in [-0.25, -0.2) is 9.97 Å². The Labute approximate surface area is 122 Å². The highest BCUT2D eigenvalue weighted by atomic mass is 32.2. The number of nitrogens with zero attached hydrogens (tertiary/aromatic N) is 3. The van der Waals surface area contributed by atoms with E-state index in [9.17, 15) is 0 Å². The number of pyridine rings is 1. The molecule has 2 heterocycles. The Morgan fingerprint density at radius 2 is 1.90 bits per heavy atom. The minimum atomic E-state index is -0.0545. The summed E-state index contributed by atoms with van der Waals surface area (Å²) in [7, 11) is 0. The van der Waals surface area contributed by atoms with Crippen LogP contribution in [0.4, 0.5) is 11.6 Å². The Balaban J connectivity index is 2.28. The fraction of sp³-hybridized carbons (Fsp3) is 0.308. The van der Waals surface area contributed by atoms with Crippen LogP contribution in [0.25, 0.3) is 0 Å². The summed E-state index contributed by atoms with van der Waals surface area (Å²) in [5.41, 5.74) is 18.5. The fourth-order valence-electron chi connectivity index (χ4n) is 1.75. The van der Waals surface area contributed by atoms with Crippen molar-refractivity contribution >= 4 is 23.4 Å². The van der Waals surface area contributed by atoms with E-state index in [1.54, 1.807) is 6.20 Å². The molecule has 2 aromatic heterocycles. The molecule has 7 heteroatoms. The van der Waals surface area contributed by atoms with Gasteiger partial charge in [0.05, 0.1) is 10.9 Å². The van der Waals surface area contributed by atoms with Crippen LogP contribution in [0, 0.1) is 0 Å². The van der Waals surface area contributed by atoms with E-state index in [0.29, 0.717) is 16.8 Å². The second-order valence-electron chi connectivity index (χ2n) is 4.37. The average molecular weight is 290 g/mol. The third-order valence-electron chi connectivity index (χ3n) is 2.82. The zero-order valence-corrected chi connectivity index (χ0v) is 12.0. The number of nitrogens with two attached hydrogens (primary N) is 3. The lowest BCUT2D eigenvalue weighted by Crippen LogP contribution is -2.26. The largest absolute Gasteiger partial charge is 0.383 e. The molecule has 20 heavy (non-hydrogen) atoms. The summed E-state index contributed by atoms with van der Waals surface area (Å²) in [5, 5.41) is 0.476. The SMILES string of the molecule is CCC(N)C(Sc1nc(N)cc(N)n1)c1ccccn1. The molecule has 2 atom stereocenters. The molecule has 0 spiro atoms. The van der Waals surface area contributed by atoms with Gasteiger partial charge in [-0.2, -0.15) is 0 Å². The van der Waals surface area contributed by atoms with Crippen LogP contribution in [0.3, 0.4) is 0 Å². The first-order valence-electron chi connectivity index (χ1n) is 6.33. The van der Waals surface area contributed by atoms with Gasteiger partial charge in [-0.1, -0.05) is 24.8 Å². The van der Waals surface area contributed by atoms with Crippen LogP contribution >= 0.6 is 11.8 Å². The third-order valence-corrected chi connectivity index (χ3v) is 4.06. The zero-order chi connectivity index (χ0) is 14.5. The molecule has 0 saturated heterocycles. The molecule has 106 valence electrons. The van der Waals surface area contributed by atoms with Crippen molar-refractivity contribution in [2.75, 3.05) is 11.5 Å². The maximum absolute atomic E-state index is 6.19. The predicted molar refractivity (Wildman–Crippen MR) is 82.0 cm³/mol. The van der Waals surface area contributed by atoms with Crippen LogP contribution in [0.5, 0.6) is 0 Å². The van der Waals surface area contributed by atoms with Gasteiger partial charge in [-0.3, -0.25) is 4.98 Å². The lowest BCUT2D eigenvalue weighted by molar-refractivity contribution is 0.623. The normalized spacial score (nSPS) is 13.9. The van der Waals surface area contributed by atoms with Crippen LogP contribution in [0.1, 0.15) is 24.3 Å². The van der Waals surface area contributed by atoms with Crippen molar-refractivity contribution in [2.24, 2.45) is 5.73 Å². The molecule has 2 aromatic rings. The lowest BCUT2D eigenvalue weighted by atomic mass is 10.1. The predicted octanol–water partition coefficient (Wildman–Crippen LogP) is 1.61. The maximum Gasteiger partial charge on any atom is 0.192 e. The van der Waals surface area contributed by atoms with Crippen molar-refractivity contribution in [3.63, 3.8) is 0 Å². The maximum atomic E-state index is 6.19. The third kappa shape index (κ3) is 3.58. The summed E-state index contributed by atoms with van der Waals surface area (Å²) in [6, 6.07) is 7.23. The lowest BCUT2D eigenvalue weighted by Gasteiger charge is -2.21. The molecule has 0 aliphatic heterocycles. The molecule has 6 nitrogen and oxygen atoms in total. The van der Waals surface area contributed by atoms with Gasteiger partial charge in [0.1, 0.15) is 11.6 Å². The molecule has 2 unspecified atom stereocenters. The standard InChI is InChI=1S/C13H18N6S/c1-2-8(14)12(9-5-3-4-6-17-9)20-13-18-10(15)7-11(16)19-13/h3-8,12H,2,14H2,1H3,(H4,15,16,18,19). The Morgan fingerprint density at radius 1 is 1.20 bits per heavy atom. The van der Waals surface area contributed by atoms with Crippen LogP contribution < -0.4 is 17.2 Å². The van der Waals surface area contributed by atoms with Gasteiger partial charge in [0.25, 0.3) is 0 Å². The van der Waals surface area contributed by atoms with E-state index in [0.717, 1.165) is 12.1 Å². The zero-order valence-electron chi connectivity index (χ0n) is 11.2. The van der Waals surface area contributed by atoms with Crippen LogP contribution in [-0.2, 0) is 0 Å². The van der Waals surface area contributed by atoms with Crippen molar-refractivity contribution in [2.45, 2.75) is 29.8 Å². The van der Waals surface area contributed by atoms with Gasteiger partial charge in [0, 0.05) is 18.3 Å². The molecule has 0 aromatic carbocycles. The molecule has 0 amide bonds.